The lowest BCUT2D eigenvalue weighted by molar-refractivity contribution is -0.171. The van der Waals surface area contributed by atoms with Gasteiger partial charge in [0.15, 0.2) is 0 Å². The van der Waals surface area contributed by atoms with E-state index in [1.807, 2.05) is 13.8 Å². The molecular weight excluding hydrogens is 490 g/mol. The lowest BCUT2D eigenvalue weighted by Crippen LogP contribution is -2.54. The number of amides is 1. The molecule has 39 heavy (non-hydrogen) atoms. The summed E-state index contributed by atoms with van der Waals surface area (Å²) in [4.78, 5) is 35.8. The third-order valence-electron chi connectivity index (χ3n) is 12.6. The molecule has 1 amide bonds. The lowest BCUT2D eigenvalue weighted by Gasteiger charge is -2.61. The molecule has 4 aliphatic carbocycles. The molecule has 0 saturated heterocycles. The zero-order valence-corrected chi connectivity index (χ0v) is 25.5. The number of carboxylic acid groups (broad SMARTS) is 1. The number of ether oxygens (including phenoxy) is 1. The second-order valence-corrected chi connectivity index (χ2v) is 14.9. The predicted octanol–water partition coefficient (Wildman–Crippen LogP) is 7.00. The quantitative estimate of drug-likeness (QED) is 0.288. The number of hydrogen-bond acceptors (Lipinski definition) is 4. The van der Waals surface area contributed by atoms with Crippen LogP contribution in [-0.4, -0.2) is 35.6 Å². The van der Waals surface area contributed by atoms with Crippen LogP contribution in [0.4, 0.5) is 0 Å². The monoisotopic (exact) mass is 545 g/mol. The van der Waals surface area contributed by atoms with Crippen molar-refractivity contribution >= 4 is 17.8 Å². The Hall–Kier alpha value is -1.59. The summed E-state index contributed by atoms with van der Waals surface area (Å²) in [5.74, 6) is 3.29. The van der Waals surface area contributed by atoms with E-state index in [0.29, 0.717) is 35.0 Å². The van der Waals surface area contributed by atoms with E-state index in [4.69, 9.17) is 9.84 Å². The molecule has 0 bridgehead atoms. The number of esters is 1. The fourth-order valence-corrected chi connectivity index (χ4v) is 9.71. The molecule has 0 spiro atoms. The average Bonchev–Trinajstić information content (AvgIpc) is 3.24. The van der Waals surface area contributed by atoms with Crippen molar-refractivity contribution < 1.29 is 24.2 Å². The molecule has 9 atom stereocenters. The molecule has 0 aromatic rings. The van der Waals surface area contributed by atoms with Crippen LogP contribution in [-0.2, 0) is 19.1 Å². The van der Waals surface area contributed by atoms with Gasteiger partial charge in [0.05, 0.1) is 11.8 Å². The van der Waals surface area contributed by atoms with Gasteiger partial charge >= 0.3 is 11.9 Å². The third kappa shape index (κ3) is 6.05. The van der Waals surface area contributed by atoms with Crippen molar-refractivity contribution in [3.63, 3.8) is 0 Å². The van der Waals surface area contributed by atoms with E-state index in [9.17, 15) is 14.4 Å². The normalized spacial score (nSPS) is 38.6. The summed E-state index contributed by atoms with van der Waals surface area (Å²) in [6.45, 7) is 13.8. The van der Waals surface area contributed by atoms with Crippen molar-refractivity contribution in [2.45, 2.75) is 131 Å². The minimum atomic E-state index is -0.875. The van der Waals surface area contributed by atoms with Gasteiger partial charge < -0.3 is 15.2 Å². The molecule has 0 aromatic heterocycles. The van der Waals surface area contributed by atoms with E-state index in [2.05, 4.69) is 33.0 Å². The average molecular weight is 546 g/mol. The van der Waals surface area contributed by atoms with Crippen LogP contribution in [0.1, 0.15) is 125 Å². The highest BCUT2D eigenvalue weighted by molar-refractivity contribution is 5.77. The van der Waals surface area contributed by atoms with Crippen LogP contribution in [0.15, 0.2) is 0 Å². The van der Waals surface area contributed by atoms with E-state index >= 15 is 0 Å². The molecule has 0 aromatic carbocycles. The predicted molar refractivity (Wildman–Crippen MR) is 153 cm³/mol. The minimum absolute atomic E-state index is 0.0164. The van der Waals surface area contributed by atoms with Gasteiger partial charge in [-0.2, -0.15) is 0 Å². The van der Waals surface area contributed by atoms with Crippen LogP contribution in [0.5, 0.6) is 0 Å². The first-order valence-corrected chi connectivity index (χ1v) is 16.0. The van der Waals surface area contributed by atoms with Crippen molar-refractivity contribution in [2.75, 3.05) is 6.54 Å². The summed E-state index contributed by atoms with van der Waals surface area (Å²) in [5.41, 5.74) is 0.333. The van der Waals surface area contributed by atoms with Crippen LogP contribution < -0.4 is 5.32 Å². The number of aliphatic carboxylic acids is 1. The first-order valence-electron chi connectivity index (χ1n) is 16.0. The maximum Gasteiger partial charge on any atom is 0.311 e. The summed E-state index contributed by atoms with van der Waals surface area (Å²) < 4.78 is 6.08. The summed E-state index contributed by atoms with van der Waals surface area (Å²) in [5, 5.41) is 11.6. The van der Waals surface area contributed by atoms with Gasteiger partial charge in [-0.15, -0.1) is 0 Å². The Kier molecular flexibility index (Phi) is 9.13. The van der Waals surface area contributed by atoms with Crippen LogP contribution in [0.3, 0.4) is 0 Å². The fourth-order valence-electron chi connectivity index (χ4n) is 9.71. The molecule has 4 saturated carbocycles. The van der Waals surface area contributed by atoms with Gasteiger partial charge in [-0.05, 0) is 131 Å². The Bertz CT molecular complexity index is 916. The molecule has 6 nitrogen and oxygen atoms in total. The maximum absolute atomic E-state index is 12.8. The highest BCUT2D eigenvalue weighted by Crippen LogP contribution is 2.68. The number of nitrogens with one attached hydrogen (secondary N) is 1. The third-order valence-corrected chi connectivity index (χ3v) is 12.6. The maximum atomic E-state index is 12.8. The Labute approximate surface area is 236 Å². The topological polar surface area (TPSA) is 92.7 Å². The molecular formula is C33H55NO5. The molecule has 222 valence electrons. The van der Waals surface area contributed by atoms with Crippen molar-refractivity contribution in [1.82, 2.24) is 5.32 Å². The van der Waals surface area contributed by atoms with E-state index in [1.165, 1.54) is 44.9 Å². The molecule has 0 radical (unpaired) electrons. The Morgan fingerprint density at radius 2 is 1.67 bits per heavy atom. The summed E-state index contributed by atoms with van der Waals surface area (Å²) in [7, 11) is 0. The molecule has 0 heterocycles. The van der Waals surface area contributed by atoms with Crippen LogP contribution in [0, 0.1) is 51.8 Å². The molecule has 2 N–H and O–H groups in total. The van der Waals surface area contributed by atoms with Gasteiger partial charge in [0.25, 0.3) is 0 Å². The van der Waals surface area contributed by atoms with Gasteiger partial charge in [-0.25, -0.2) is 0 Å². The number of carboxylic acids is 1. The Morgan fingerprint density at radius 1 is 0.974 bits per heavy atom. The lowest BCUT2D eigenvalue weighted by atomic mass is 9.44. The zero-order chi connectivity index (χ0) is 28.6. The van der Waals surface area contributed by atoms with Gasteiger partial charge in [-0.1, -0.05) is 27.7 Å². The van der Waals surface area contributed by atoms with Gasteiger partial charge in [0.2, 0.25) is 5.91 Å². The summed E-state index contributed by atoms with van der Waals surface area (Å²) >= 11 is 0. The second kappa shape index (κ2) is 11.7. The van der Waals surface area contributed by atoms with Gasteiger partial charge in [-0.3, -0.25) is 14.4 Å². The molecule has 4 rings (SSSR count). The van der Waals surface area contributed by atoms with Crippen LogP contribution in [0.25, 0.3) is 0 Å². The number of hydrogen-bond donors (Lipinski definition) is 2. The Balaban J connectivity index is 1.34. The summed E-state index contributed by atoms with van der Waals surface area (Å²) in [6, 6.07) is 0. The highest BCUT2D eigenvalue weighted by Gasteiger charge is 2.60. The van der Waals surface area contributed by atoms with E-state index < -0.39 is 11.4 Å². The van der Waals surface area contributed by atoms with Crippen LogP contribution >= 0.6 is 0 Å². The van der Waals surface area contributed by atoms with Crippen molar-refractivity contribution in [2.24, 2.45) is 51.8 Å². The van der Waals surface area contributed by atoms with Crippen molar-refractivity contribution in [3.05, 3.63) is 0 Å². The molecule has 6 heteroatoms. The molecule has 7 unspecified atom stereocenters. The Morgan fingerprint density at radius 3 is 2.36 bits per heavy atom. The summed E-state index contributed by atoms with van der Waals surface area (Å²) in [6.07, 6.45) is 13.3. The van der Waals surface area contributed by atoms with Gasteiger partial charge in [0, 0.05) is 13.0 Å². The molecule has 4 aliphatic rings. The van der Waals surface area contributed by atoms with Crippen molar-refractivity contribution in [3.8, 4) is 0 Å². The second-order valence-electron chi connectivity index (χ2n) is 14.9. The van der Waals surface area contributed by atoms with Gasteiger partial charge in [0.1, 0.15) is 6.10 Å². The largest absolute Gasteiger partial charge is 0.481 e. The number of carbonyl (C=O) groups is 3. The number of fused-ring (bicyclic) bond motifs is 5. The van der Waals surface area contributed by atoms with E-state index in [-0.39, 0.29) is 30.9 Å². The first kappa shape index (κ1) is 30.4. The number of rotatable bonds is 10. The SMILES string of the molecule is CCC(C)(C)C(=O)OC1CC[C@@]2(C)C(CCC3C4CCC(C(C)CCC(=O)NCCC(=O)O)[C@@]4(C)CCC32)C1. The fraction of sp³-hybridized carbons (Fsp3) is 0.909. The van der Waals surface area contributed by atoms with Crippen LogP contribution in [0.2, 0.25) is 0 Å². The van der Waals surface area contributed by atoms with E-state index in [1.54, 1.807) is 0 Å². The first-order chi connectivity index (χ1) is 18.3. The van der Waals surface area contributed by atoms with Crippen molar-refractivity contribution in [1.29, 1.82) is 0 Å². The number of carbonyl (C=O) groups excluding carboxylic acids is 2. The van der Waals surface area contributed by atoms with E-state index in [0.717, 1.165) is 43.4 Å². The standard InChI is InChI=1S/C33H55NO5/c1-7-31(3,4)30(38)39-23-14-17-32(5)22(20-23)9-10-24-26-12-11-25(33(26,6)18-15-27(24)32)21(2)8-13-28(35)34-19-16-29(36)37/h21-27H,7-20H2,1-6H3,(H,34,35)(H,36,37)/t21?,22?,23?,24?,25?,26?,27?,32-,33+/m0/s1. The smallest absolute Gasteiger partial charge is 0.311 e. The molecule has 0 aliphatic heterocycles. The minimum Gasteiger partial charge on any atom is -0.481 e. The molecule has 4 fully saturated rings. The zero-order valence-electron chi connectivity index (χ0n) is 25.5. The highest BCUT2D eigenvalue weighted by atomic mass is 16.5.